The number of amides is 1. The highest BCUT2D eigenvalue weighted by molar-refractivity contribution is 5.92. The summed E-state index contributed by atoms with van der Waals surface area (Å²) in [6.07, 6.45) is 1.73. The van der Waals surface area contributed by atoms with E-state index in [1.165, 1.54) is 0 Å². The number of hydrogen-bond donors (Lipinski definition) is 3. The number of furan rings is 1. The lowest BCUT2D eigenvalue weighted by Crippen LogP contribution is -2.27. The smallest absolute Gasteiger partial charge is 0.238 e. The Morgan fingerprint density at radius 2 is 2.04 bits per heavy atom. The van der Waals surface area contributed by atoms with Gasteiger partial charge in [0.1, 0.15) is 17.2 Å². The molecule has 3 aromatic rings. The molecule has 136 valence electrons. The lowest BCUT2D eigenvalue weighted by molar-refractivity contribution is -0.115. The van der Waals surface area contributed by atoms with E-state index in [1.54, 1.807) is 6.20 Å². The first-order valence-electron chi connectivity index (χ1n) is 8.48. The van der Waals surface area contributed by atoms with Gasteiger partial charge < -0.3 is 19.8 Å². The van der Waals surface area contributed by atoms with Crippen LogP contribution in [0, 0.1) is 6.92 Å². The van der Waals surface area contributed by atoms with Gasteiger partial charge in [-0.25, -0.2) is 0 Å². The number of aryl methyl sites for hydroxylation is 1. The molecule has 0 spiro atoms. The molecule has 2 aromatic heterocycles. The summed E-state index contributed by atoms with van der Waals surface area (Å²) in [5.41, 5.74) is 2.49. The van der Waals surface area contributed by atoms with Crippen molar-refractivity contribution < 1.29 is 13.9 Å². The molecule has 2 heterocycles. The fourth-order valence-electron chi connectivity index (χ4n) is 2.54. The molecule has 7 heteroatoms. The van der Waals surface area contributed by atoms with Gasteiger partial charge in [0.15, 0.2) is 5.76 Å². The minimum absolute atomic E-state index is 0.118. The summed E-state index contributed by atoms with van der Waals surface area (Å²) in [4.78, 5) is 12.1. The van der Waals surface area contributed by atoms with Gasteiger partial charge >= 0.3 is 0 Å². The second-order valence-electron chi connectivity index (χ2n) is 5.79. The molecule has 0 fully saturated rings. The number of carbonyl (C=O) groups excluding carboxylic acids is 1. The maximum Gasteiger partial charge on any atom is 0.238 e. The molecule has 1 aromatic carbocycles. The molecule has 0 saturated heterocycles. The van der Waals surface area contributed by atoms with Crippen LogP contribution in [-0.2, 0) is 11.3 Å². The Labute approximate surface area is 151 Å². The minimum atomic E-state index is -0.118. The van der Waals surface area contributed by atoms with Crippen LogP contribution >= 0.6 is 0 Å². The van der Waals surface area contributed by atoms with Crippen LogP contribution in [0.1, 0.15) is 18.2 Å². The molecule has 3 rings (SSSR count). The van der Waals surface area contributed by atoms with Crippen molar-refractivity contribution in [3.05, 3.63) is 53.9 Å². The zero-order valence-electron chi connectivity index (χ0n) is 14.8. The van der Waals surface area contributed by atoms with E-state index in [0.29, 0.717) is 13.2 Å². The maximum absolute atomic E-state index is 12.1. The number of anilines is 1. The minimum Gasteiger partial charge on any atom is -0.494 e. The van der Waals surface area contributed by atoms with Gasteiger partial charge in [0.05, 0.1) is 19.3 Å². The van der Waals surface area contributed by atoms with Crippen molar-refractivity contribution in [2.24, 2.45) is 0 Å². The normalized spacial score (nSPS) is 10.7. The van der Waals surface area contributed by atoms with E-state index in [0.717, 1.165) is 34.2 Å². The standard InChI is InChI=1S/C19H22N4O3/c1-3-25-16-7-5-15(6-8-16)22-18(24)12-20-10-14-11-21-23-19(14)17-9-4-13(2)26-17/h4-9,11,20H,3,10,12H2,1-2H3,(H,21,23)(H,22,24). The van der Waals surface area contributed by atoms with E-state index in [2.05, 4.69) is 20.8 Å². The zero-order chi connectivity index (χ0) is 18.4. The quantitative estimate of drug-likeness (QED) is 0.578. The average Bonchev–Trinajstić information content (AvgIpc) is 3.25. The van der Waals surface area contributed by atoms with Crippen LogP contribution in [0.15, 0.2) is 47.0 Å². The third kappa shape index (κ3) is 4.52. The summed E-state index contributed by atoms with van der Waals surface area (Å²) in [5, 5.41) is 13.0. The van der Waals surface area contributed by atoms with Gasteiger partial charge in [0, 0.05) is 17.8 Å². The van der Waals surface area contributed by atoms with Crippen LogP contribution in [0.5, 0.6) is 5.75 Å². The van der Waals surface area contributed by atoms with Crippen molar-refractivity contribution in [3.63, 3.8) is 0 Å². The van der Waals surface area contributed by atoms with Gasteiger partial charge in [-0.1, -0.05) is 0 Å². The number of aromatic amines is 1. The monoisotopic (exact) mass is 354 g/mol. The van der Waals surface area contributed by atoms with E-state index in [-0.39, 0.29) is 12.5 Å². The van der Waals surface area contributed by atoms with Crippen LogP contribution in [0.3, 0.4) is 0 Å². The highest BCUT2D eigenvalue weighted by Gasteiger charge is 2.11. The van der Waals surface area contributed by atoms with Crippen molar-refractivity contribution in [2.75, 3.05) is 18.5 Å². The van der Waals surface area contributed by atoms with Gasteiger partial charge in [-0.15, -0.1) is 0 Å². The molecule has 0 aliphatic rings. The van der Waals surface area contributed by atoms with Crippen molar-refractivity contribution in [2.45, 2.75) is 20.4 Å². The Balaban J connectivity index is 1.49. The Kier molecular flexibility index (Phi) is 5.70. The summed E-state index contributed by atoms with van der Waals surface area (Å²) < 4.78 is 11.0. The molecule has 0 aliphatic heterocycles. The lowest BCUT2D eigenvalue weighted by Gasteiger charge is -2.08. The SMILES string of the molecule is CCOc1ccc(NC(=O)CNCc2cn[nH]c2-c2ccc(C)o2)cc1. The highest BCUT2D eigenvalue weighted by Crippen LogP contribution is 2.23. The number of benzene rings is 1. The second-order valence-corrected chi connectivity index (χ2v) is 5.79. The molecular weight excluding hydrogens is 332 g/mol. The number of carbonyl (C=O) groups is 1. The zero-order valence-corrected chi connectivity index (χ0v) is 14.8. The molecular formula is C19H22N4O3. The molecule has 0 aliphatic carbocycles. The molecule has 7 nitrogen and oxygen atoms in total. The fraction of sp³-hybridized carbons (Fsp3) is 0.263. The molecule has 0 unspecified atom stereocenters. The van der Waals surface area contributed by atoms with Gasteiger partial charge in [0.25, 0.3) is 0 Å². The molecule has 0 saturated carbocycles. The molecule has 0 bridgehead atoms. The van der Waals surface area contributed by atoms with E-state index >= 15 is 0 Å². The third-order valence-corrected chi connectivity index (χ3v) is 3.75. The average molecular weight is 354 g/mol. The van der Waals surface area contributed by atoms with Crippen LogP contribution in [-0.4, -0.2) is 29.3 Å². The van der Waals surface area contributed by atoms with Crippen LogP contribution in [0.4, 0.5) is 5.69 Å². The first kappa shape index (κ1) is 17.8. The Morgan fingerprint density at radius 1 is 1.23 bits per heavy atom. The van der Waals surface area contributed by atoms with E-state index in [1.807, 2.05) is 50.2 Å². The predicted molar refractivity (Wildman–Crippen MR) is 99.0 cm³/mol. The molecule has 1 amide bonds. The van der Waals surface area contributed by atoms with Crippen molar-refractivity contribution in [1.82, 2.24) is 15.5 Å². The van der Waals surface area contributed by atoms with Crippen LogP contribution < -0.4 is 15.4 Å². The number of rotatable bonds is 8. The number of hydrogen-bond acceptors (Lipinski definition) is 5. The van der Waals surface area contributed by atoms with Crippen LogP contribution in [0.2, 0.25) is 0 Å². The second kappa shape index (κ2) is 8.35. The number of H-pyrrole nitrogens is 1. The number of nitrogens with one attached hydrogen (secondary N) is 3. The van der Waals surface area contributed by atoms with Gasteiger partial charge in [-0.2, -0.15) is 5.10 Å². The van der Waals surface area contributed by atoms with Crippen molar-refractivity contribution in [1.29, 1.82) is 0 Å². The summed E-state index contributed by atoms with van der Waals surface area (Å²) in [6, 6.07) is 11.1. The number of nitrogens with zero attached hydrogens (tertiary/aromatic N) is 1. The summed E-state index contributed by atoms with van der Waals surface area (Å²) in [5.74, 6) is 2.23. The number of ether oxygens (including phenoxy) is 1. The lowest BCUT2D eigenvalue weighted by atomic mass is 10.2. The summed E-state index contributed by atoms with van der Waals surface area (Å²) >= 11 is 0. The van der Waals surface area contributed by atoms with E-state index in [4.69, 9.17) is 9.15 Å². The van der Waals surface area contributed by atoms with Gasteiger partial charge in [-0.05, 0) is 50.2 Å². The summed E-state index contributed by atoms with van der Waals surface area (Å²) in [7, 11) is 0. The molecule has 0 atom stereocenters. The Morgan fingerprint density at radius 3 is 2.73 bits per heavy atom. The topological polar surface area (TPSA) is 92.2 Å². The Bertz CT molecular complexity index is 852. The highest BCUT2D eigenvalue weighted by atomic mass is 16.5. The maximum atomic E-state index is 12.1. The summed E-state index contributed by atoms with van der Waals surface area (Å²) in [6.45, 7) is 5.13. The first-order chi connectivity index (χ1) is 12.7. The van der Waals surface area contributed by atoms with Gasteiger partial charge in [-0.3, -0.25) is 9.89 Å². The fourth-order valence-corrected chi connectivity index (χ4v) is 2.54. The van der Waals surface area contributed by atoms with Crippen molar-refractivity contribution >= 4 is 11.6 Å². The van der Waals surface area contributed by atoms with E-state index in [9.17, 15) is 4.79 Å². The van der Waals surface area contributed by atoms with Crippen molar-refractivity contribution in [3.8, 4) is 17.2 Å². The van der Waals surface area contributed by atoms with Crippen LogP contribution in [0.25, 0.3) is 11.5 Å². The largest absolute Gasteiger partial charge is 0.494 e. The third-order valence-electron chi connectivity index (χ3n) is 3.75. The first-order valence-corrected chi connectivity index (χ1v) is 8.48. The molecule has 3 N–H and O–H groups in total. The number of aromatic nitrogens is 2. The Hall–Kier alpha value is -3.06. The van der Waals surface area contributed by atoms with Gasteiger partial charge in [0.2, 0.25) is 5.91 Å². The molecule has 26 heavy (non-hydrogen) atoms. The van der Waals surface area contributed by atoms with E-state index < -0.39 is 0 Å². The molecule has 0 radical (unpaired) electrons. The predicted octanol–water partition coefficient (Wildman–Crippen LogP) is 3.11.